The number of carbonyl (C=O) groups is 1. The van der Waals surface area contributed by atoms with Crippen LogP contribution in [0.3, 0.4) is 0 Å². The van der Waals surface area contributed by atoms with E-state index in [2.05, 4.69) is 23.3 Å². The van der Waals surface area contributed by atoms with Crippen LogP contribution in [0.5, 0.6) is 0 Å². The molecule has 1 heterocycles. The first-order valence-electron chi connectivity index (χ1n) is 4.79. The SMILES string of the molecule is CC(=O)Nc1cccc2c1N(C)CC2. The number of carbonyl (C=O) groups excluding carboxylic acids is 1. The van der Waals surface area contributed by atoms with Crippen molar-refractivity contribution in [2.24, 2.45) is 0 Å². The summed E-state index contributed by atoms with van der Waals surface area (Å²) < 4.78 is 0. The van der Waals surface area contributed by atoms with Crippen LogP contribution in [-0.4, -0.2) is 19.5 Å². The summed E-state index contributed by atoms with van der Waals surface area (Å²) in [5.41, 5.74) is 3.41. The van der Waals surface area contributed by atoms with Gasteiger partial charge in [0.2, 0.25) is 5.91 Å². The van der Waals surface area contributed by atoms with Crippen LogP contribution in [0.2, 0.25) is 0 Å². The van der Waals surface area contributed by atoms with Crippen molar-refractivity contribution in [1.29, 1.82) is 0 Å². The average molecular weight is 190 g/mol. The van der Waals surface area contributed by atoms with Gasteiger partial charge in [0.25, 0.3) is 0 Å². The van der Waals surface area contributed by atoms with E-state index in [9.17, 15) is 4.79 Å². The lowest BCUT2D eigenvalue weighted by atomic mass is 10.1. The maximum atomic E-state index is 11.0. The highest BCUT2D eigenvalue weighted by Crippen LogP contribution is 2.34. The molecule has 0 fully saturated rings. The molecule has 0 aromatic heterocycles. The number of amides is 1. The van der Waals surface area contributed by atoms with Gasteiger partial charge in [0.05, 0.1) is 11.4 Å². The van der Waals surface area contributed by atoms with Crippen LogP contribution in [0.4, 0.5) is 11.4 Å². The lowest BCUT2D eigenvalue weighted by molar-refractivity contribution is -0.114. The fourth-order valence-electron chi connectivity index (χ4n) is 1.93. The molecule has 1 aliphatic heterocycles. The van der Waals surface area contributed by atoms with Crippen molar-refractivity contribution in [2.45, 2.75) is 13.3 Å². The molecule has 74 valence electrons. The molecule has 1 N–H and O–H groups in total. The molecule has 0 atom stereocenters. The van der Waals surface area contributed by atoms with Crippen LogP contribution in [0.25, 0.3) is 0 Å². The highest BCUT2D eigenvalue weighted by molar-refractivity contribution is 5.93. The molecule has 0 saturated heterocycles. The average Bonchev–Trinajstić information content (AvgIpc) is 2.48. The maximum Gasteiger partial charge on any atom is 0.221 e. The van der Waals surface area contributed by atoms with Crippen molar-refractivity contribution in [2.75, 3.05) is 23.8 Å². The molecule has 0 saturated carbocycles. The minimum Gasteiger partial charge on any atom is -0.372 e. The van der Waals surface area contributed by atoms with E-state index >= 15 is 0 Å². The van der Waals surface area contributed by atoms with Gasteiger partial charge in [0, 0.05) is 20.5 Å². The van der Waals surface area contributed by atoms with Crippen LogP contribution >= 0.6 is 0 Å². The molecule has 0 spiro atoms. The monoisotopic (exact) mass is 190 g/mol. The summed E-state index contributed by atoms with van der Waals surface area (Å²) >= 11 is 0. The molecule has 0 bridgehead atoms. The zero-order valence-electron chi connectivity index (χ0n) is 8.50. The van der Waals surface area contributed by atoms with Gasteiger partial charge in [-0.25, -0.2) is 0 Å². The third-order valence-corrected chi connectivity index (χ3v) is 2.53. The molecule has 0 aliphatic carbocycles. The van der Waals surface area contributed by atoms with Gasteiger partial charge in [-0.3, -0.25) is 4.79 Å². The van der Waals surface area contributed by atoms with E-state index in [4.69, 9.17) is 0 Å². The number of hydrogen-bond donors (Lipinski definition) is 1. The summed E-state index contributed by atoms with van der Waals surface area (Å²) in [6, 6.07) is 6.05. The number of para-hydroxylation sites is 1. The van der Waals surface area contributed by atoms with Crippen molar-refractivity contribution in [3.63, 3.8) is 0 Å². The number of hydrogen-bond acceptors (Lipinski definition) is 2. The first kappa shape index (κ1) is 9.06. The van der Waals surface area contributed by atoms with Crippen molar-refractivity contribution in [1.82, 2.24) is 0 Å². The van der Waals surface area contributed by atoms with Crippen LogP contribution in [0.15, 0.2) is 18.2 Å². The Balaban J connectivity index is 2.41. The molecular weight excluding hydrogens is 176 g/mol. The standard InChI is InChI=1S/C11H14N2O/c1-8(14)12-10-5-3-4-9-6-7-13(2)11(9)10/h3-5H,6-7H2,1-2H3,(H,12,14). The third kappa shape index (κ3) is 1.45. The maximum absolute atomic E-state index is 11.0. The van der Waals surface area contributed by atoms with Gasteiger partial charge < -0.3 is 10.2 Å². The number of anilines is 2. The summed E-state index contributed by atoms with van der Waals surface area (Å²) in [5.74, 6) is -0.0151. The van der Waals surface area contributed by atoms with E-state index in [1.54, 1.807) is 0 Å². The molecule has 1 aliphatic rings. The molecule has 1 aromatic rings. The molecule has 1 amide bonds. The Morgan fingerprint density at radius 2 is 2.29 bits per heavy atom. The molecule has 1 aromatic carbocycles. The number of nitrogens with zero attached hydrogens (tertiary/aromatic N) is 1. The van der Waals surface area contributed by atoms with Gasteiger partial charge in [-0.05, 0) is 18.1 Å². The summed E-state index contributed by atoms with van der Waals surface area (Å²) in [6.45, 7) is 2.57. The van der Waals surface area contributed by atoms with Gasteiger partial charge in [-0.15, -0.1) is 0 Å². The Bertz CT molecular complexity index is 374. The lowest BCUT2D eigenvalue weighted by Gasteiger charge is -2.16. The molecule has 3 heteroatoms. The first-order valence-corrected chi connectivity index (χ1v) is 4.79. The molecular formula is C11H14N2O. The zero-order valence-corrected chi connectivity index (χ0v) is 8.50. The predicted octanol–water partition coefficient (Wildman–Crippen LogP) is 1.64. The lowest BCUT2D eigenvalue weighted by Crippen LogP contribution is -2.15. The van der Waals surface area contributed by atoms with Crippen LogP contribution in [0, 0.1) is 0 Å². The Kier molecular flexibility index (Phi) is 2.15. The van der Waals surface area contributed by atoms with Gasteiger partial charge >= 0.3 is 0 Å². The summed E-state index contributed by atoms with van der Waals surface area (Å²) in [4.78, 5) is 13.2. The molecule has 0 radical (unpaired) electrons. The topological polar surface area (TPSA) is 32.3 Å². The Morgan fingerprint density at radius 3 is 3.00 bits per heavy atom. The number of rotatable bonds is 1. The van der Waals surface area contributed by atoms with Gasteiger partial charge in [-0.1, -0.05) is 12.1 Å². The molecule has 2 rings (SSSR count). The second-order valence-electron chi connectivity index (χ2n) is 3.67. The van der Waals surface area contributed by atoms with E-state index in [-0.39, 0.29) is 5.91 Å². The largest absolute Gasteiger partial charge is 0.372 e. The van der Waals surface area contributed by atoms with Crippen LogP contribution < -0.4 is 10.2 Å². The van der Waals surface area contributed by atoms with Gasteiger partial charge in [-0.2, -0.15) is 0 Å². The van der Waals surface area contributed by atoms with E-state index < -0.39 is 0 Å². The first-order chi connectivity index (χ1) is 6.68. The fraction of sp³-hybridized carbons (Fsp3) is 0.364. The van der Waals surface area contributed by atoms with E-state index in [0.717, 1.165) is 18.7 Å². The van der Waals surface area contributed by atoms with E-state index in [0.29, 0.717) is 0 Å². The Morgan fingerprint density at radius 1 is 1.50 bits per heavy atom. The Labute approximate surface area is 83.7 Å². The summed E-state index contributed by atoms with van der Waals surface area (Å²) in [5, 5.41) is 2.85. The highest BCUT2D eigenvalue weighted by atomic mass is 16.1. The molecule has 14 heavy (non-hydrogen) atoms. The predicted molar refractivity (Wildman–Crippen MR) is 57.7 cm³/mol. The third-order valence-electron chi connectivity index (χ3n) is 2.53. The van der Waals surface area contributed by atoms with Crippen molar-refractivity contribution >= 4 is 17.3 Å². The molecule has 0 unspecified atom stereocenters. The van der Waals surface area contributed by atoms with E-state index in [1.807, 2.05) is 12.1 Å². The normalized spacial score (nSPS) is 14.0. The second kappa shape index (κ2) is 3.33. The van der Waals surface area contributed by atoms with Crippen molar-refractivity contribution in [3.8, 4) is 0 Å². The number of nitrogens with one attached hydrogen (secondary N) is 1. The van der Waals surface area contributed by atoms with Gasteiger partial charge in [0.1, 0.15) is 0 Å². The fourth-order valence-corrected chi connectivity index (χ4v) is 1.93. The van der Waals surface area contributed by atoms with Crippen molar-refractivity contribution < 1.29 is 4.79 Å². The number of likely N-dealkylation sites (N-methyl/N-ethyl adjacent to an activating group) is 1. The van der Waals surface area contributed by atoms with Crippen LogP contribution in [-0.2, 0) is 11.2 Å². The molecule has 3 nitrogen and oxygen atoms in total. The quantitative estimate of drug-likeness (QED) is 0.730. The smallest absolute Gasteiger partial charge is 0.221 e. The van der Waals surface area contributed by atoms with Gasteiger partial charge in [0.15, 0.2) is 0 Å². The number of benzene rings is 1. The Hall–Kier alpha value is -1.51. The second-order valence-corrected chi connectivity index (χ2v) is 3.67. The highest BCUT2D eigenvalue weighted by Gasteiger charge is 2.19. The van der Waals surface area contributed by atoms with Crippen molar-refractivity contribution in [3.05, 3.63) is 23.8 Å². The minimum atomic E-state index is -0.0151. The van der Waals surface area contributed by atoms with Crippen LogP contribution in [0.1, 0.15) is 12.5 Å². The van der Waals surface area contributed by atoms with E-state index in [1.165, 1.54) is 18.2 Å². The number of fused-ring (bicyclic) bond motifs is 1. The minimum absolute atomic E-state index is 0.0151. The summed E-state index contributed by atoms with van der Waals surface area (Å²) in [6.07, 6.45) is 1.07. The summed E-state index contributed by atoms with van der Waals surface area (Å²) in [7, 11) is 2.05. The zero-order chi connectivity index (χ0) is 10.1.